The highest BCUT2D eigenvalue weighted by Crippen LogP contribution is 2.29. The van der Waals surface area contributed by atoms with Gasteiger partial charge >= 0.3 is 0 Å². The molecule has 0 radical (unpaired) electrons. The van der Waals surface area contributed by atoms with Gasteiger partial charge in [-0.05, 0) is 50.1 Å². The molecule has 0 amide bonds. The van der Waals surface area contributed by atoms with E-state index in [9.17, 15) is 8.78 Å². The fourth-order valence-corrected chi connectivity index (χ4v) is 3.91. The molecule has 1 aliphatic rings. The predicted octanol–water partition coefficient (Wildman–Crippen LogP) is 4.75. The van der Waals surface area contributed by atoms with Gasteiger partial charge in [0.05, 0.1) is 12.5 Å². The average Bonchev–Trinajstić information content (AvgIpc) is 3.46. The maximum Gasteiger partial charge on any atom is 0.241 e. The van der Waals surface area contributed by atoms with E-state index in [2.05, 4.69) is 25.2 Å². The molecule has 1 fully saturated rings. The summed E-state index contributed by atoms with van der Waals surface area (Å²) in [5.74, 6) is 1.16. The molecule has 2 aromatic carbocycles. The van der Waals surface area contributed by atoms with E-state index in [0.717, 1.165) is 19.4 Å². The Morgan fingerprint density at radius 2 is 1.81 bits per heavy atom. The van der Waals surface area contributed by atoms with E-state index in [1.54, 1.807) is 31.2 Å². The summed E-state index contributed by atoms with van der Waals surface area (Å²) in [5, 5.41) is 8.01. The van der Waals surface area contributed by atoms with Crippen molar-refractivity contribution in [1.82, 2.24) is 25.2 Å². The van der Waals surface area contributed by atoms with E-state index in [-0.39, 0.29) is 17.6 Å². The van der Waals surface area contributed by atoms with E-state index >= 15 is 0 Å². The molecule has 32 heavy (non-hydrogen) atoms. The van der Waals surface area contributed by atoms with Crippen LogP contribution in [0.25, 0.3) is 22.8 Å². The Kier molecular flexibility index (Phi) is 5.48. The van der Waals surface area contributed by atoms with Crippen LogP contribution in [0.4, 0.5) is 8.78 Å². The van der Waals surface area contributed by atoms with Crippen molar-refractivity contribution in [3.05, 3.63) is 71.4 Å². The van der Waals surface area contributed by atoms with Crippen LogP contribution in [0, 0.1) is 18.6 Å². The summed E-state index contributed by atoms with van der Waals surface area (Å²) >= 11 is 0. The lowest BCUT2D eigenvalue weighted by atomic mass is 9.98. The molecule has 9 heteroatoms. The van der Waals surface area contributed by atoms with Crippen molar-refractivity contribution < 1.29 is 17.8 Å². The van der Waals surface area contributed by atoms with Crippen LogP contribution in [0.5, 0.6) is 0 Å². The number of nitrogens with zero attached hydrogens (tertiary/aromatic N) is 5. The molecule has 0 N–H and O–H groups in total. The predicted molar refractivity (Wildman–Crippen MR) is 111 cm³/mol. The third-order valence-electron chi connectivity index (χ3n) is 5.64. The van der Waals surface area contributed by atoms with Crippen molar-refractivity contribution in [2.45, 2.75) is 32.2 Å². The minimum absolute atomic E-state index is 0.0622. The number of aromatic nitrogens is 4. The minimum Gasteiger partial charge on any atom is -0.339 e. The first-order valence-corrected chi connectivity index (χ1v) is 10.5. The summed E-state index contributed by atoms with van der Waals surface area (Å²) in [6, 6.07) is 11.0. The monoisotopic (exact) mass is 437 g/mol. The highest BCUT2D eigenvalue weighted by molar-refractivity contribution is 5.55. The first-order valence-electron chi connectivity index (χ1n) is 10.5. The lowest BCUT2D eigenvalue weighted by Crippen LogP contribution is -2.34. The number of hydrogen-bond donors (Lipinski definition) is 0. The van der Waals surface area contributed by atoms with E-state index in [1.807, 2.05) is 0 Å². The molecule has 0 saturated carbocycles. The Labute approximate surface area is 183 Å². The fraction of sp³-hybridized carbons (Fsp3) is 0.304. The highest BCUT2D eigenvalue weighted by Gasteiger charge is 2.27. The van der Waals surface area contributed by atoms with Crippen LogP contribution in [0.3, 0.4) is 0 Å². The Balaban J connectivity index is 1.26. The van der Waals surface area contributed by atoms with Gasteiger partial charge in [-0.15, -0.1) is 0 Å². The Morgan fingerprint density at radius 3 is 2.66 bits per heavy atom. The Bertz CT molecular complexity index is 1240. The average molecular weight is 437 g/mol. The standard InChI is InChI=1S/C23H21F2N5O2/c1-14-7-8-16(11-19(14)25)21-26-20(31-28-21)13-30-9-3-5-17(12-30)23-27-22(29-32-23)15-4-2-6-18(24)10-15/h2,4,6-8,10-11,17H,3,5,9,12-13H2,1H3. The second-order valence-corrected chi connectivity index (χ2v) is 8.02. The zero-order valence-electron chi connectivity index (χ0n) is 17.5. The van der Waals surface area contributed by atoms with Crippen LogP contribution in [0.1, 0.15) is 36.1 Å². The van der Waals surface area contributed by atoms with Crippen LogP contribution < -0.4 is 0 Å². The molecule has 3 heterocycles. The van der Waals surface area contributed by atoms with Crippen molar-refractivity contribution >= 4 is 0 Å². The van der Waals surface area contributed by atoms with E-state index in [0.29, 0.717) is 53.2 Å². The molecule has 1 aliphatic heterocycles. The van der Waals surface area contributed by atoms with Gasteiger partial charge in [0.1, 0.15) is 11.6 Å². The number of halogens is 2. The molecule has 2 aromatic heterocycles. The van der Waals surface area contributed by atoms with Crippen LogP contribution in [0.2, 0.25) is 0 Å². The molecule has 4 aromatic rings. The molecule has 7 nitrogen and oxygen atoms in total. The first-order chi connectivity index (χ1) is 15.5. The summed E-state index contributed by atoms with van der Waals surface area (Å²) in [6.45, 7) is 3.75. The quantitative estimate of drug-likeness (QED) is 0.446. The van der Waals surface area contributed by atoms with Gasteiger partial charge in [-0.25, -0.2) is 8.78 Å². The number of piperidine rings is 1. The number of hydrogen-bond acceptors (Lipinski definition) is 7. The normalized spacial score (nSPS) is 17.0. The topological polar surface area (TPSA) is 81.1 Å². The maximum absolute atomic E-state index is 13.8. The van der Waals surface area contributed by atoms with Crippen LogP contribution in [-0.4, -0.2) is 38.3 Å². The summed E-state index contributed by atoms with van der Waals surface area (Å²) in [4.78, 5) is 11.1. The van der Waals surface area contributed by atoms with Gasteiger partial charge in [-0.3, -0.25) is 4.90 Å². The zero-order chi connectivity index (χ0) is 22.1. The van der Waals surface area contributed by atoms with E-state index in [4.69, 9.17) is 9.05 Å². The zero-order valence-corrected chi connectivity index (χ0v) is 17.5. The number of benzene rings is 2. The van der Waals surface area contributed by atoms with Gasteiger partial charge in [0.15, 0.2) is 0 Å². The van der Waals surface area contributed by atoms with Crippen molar-refractivity contribution in [2.24, 2.45) is 0 Å². The molecule has 1 atom stereocenters. The van der Waals surface area contributed by atoms with E-state index < -0.39 is 0 Å². The van der Waals surface area contributed by atoms with Crippen molar-refractivity contribution in [2.75, 3.05) is 13.1 Å². The minimum atomic E-state index is -0.343. The van der Waals surface area contributed by atoms with Gasteiger partial charge in [0.25, 0.3) is 0 Å². The molecular formula is C23H21F2N5O2. The highest BCUT2D eigenvalue weighted by atomic mass is 19.1. The van der Waals surface area contributed by atoms with Crippen molar-refractivity contribution in [3.8, 4) is 22.8 Å². The summed E-state index contributed by atoms with van der Waals surface area (Å²) < 4.78 is 38.2. The second-order valence-electron chi connectivity index (χ2n) is 8.02. The second kappa shape index (κ2) is 8.58. The van der Waals surface area contributed by atoms with Crippen LogP contribution in [0.15, 0.2) is 51.5 Å². The smallest absolute Gasteiger partial charge is 0.241 e. The Hall–Kier alpha value is -3.46. The third-order valence-corrected chi connectivity index (χ3v) is 5.64. The molecule has 164 valence electrons. The van der Waals surface area contributed by atoms with Gasteiger partial charge in [-0.2, -0.15) is 9.97 Å². The number of likely N-dealkylation sites (tertiary alicyclic amines) is 1. The van der Waals surface area contributed by atoms with E-state index in [1.165, 1.54) is 18.2 Å². The van der Waals surface area contributed by atoms with Crippen molar-refractivity contribution in [1.29, 1.82) is 0 Å². The van der Waals surface area contributed by atoms with Gasteiger partial charge in [0, 0.05) is 17.7 Å². The summed E-state index contributed by atoms with van der Waals surface area (Å²) in [5.41, 5.74) is 1.73. The number of rotatable bonds is 5. The summed E-state index contributed by atoms with van der Waals surface area (Å²) in [7, 11) is 0. The van der Waals surface area contributed by atoms with Crippen LogP contribution >= 0.6 is 0 Å². The van der Waals surface area contributed by atoms with Crippen LogP contribution in [-0.2, 0) is 6.54 Å². The summed E-state index contributed by atoms with van der Waals surface area (Å²) in [6.07, 6.45) is 1.87. The molecule has 0 spiro atoms. The fourth-order valence-electron chi connectivity index (χ4n) is 3.91. The largest absolute Gasteiger partial charge is 0.339 e. The first kappa shape index (κ1) is 20.4. The SMILES string of the molecule is Cc1ccc(-c2noc(CN3CCCC(c4nc(-c5cccc(F)c5)no4)C3)n2)cc1F. The maximum atomic E-state index is 13.8. The molecule has 1 saturated heterocycles. The molecular weight excluding hydrogens is 416 g/mol. The Morgan fingerprint density at radius 1 is 1.00 bits per heavy atom. The van der Waals surface area contributed by atoms with Gasteiger partial charge in [-0.1, -0.05) is 34.6 Å². The molecule has 0 bridgehead atoms. The lowest BCUT2D eigenvalue weighted by Gasteiger charge is -2.29. The van der Waals surface area contributed by atoms with Crippen molar-refractivity contribution in [3.63, 3.8) is 0 Å². The molecule has 1 unspecified atom stereocenters. The third kappa shape index (κ3) is 4.29. The number of aryl methyl sites for hydroxylation is 1. The van der Waals surface area contributed by atoms with Gasteiger partial charge < -0.3 is 9.05 Å². The lowest BCUT2D eigenvalue weighted by molar-refractivity contribution is 0.162. The molecule has 5 rings (SSSR count). The molecule has 0 aliphatic carbocycles. The van der Waals surface area contributed by atoms with Gasteiger partial charge in [0.2, 0.25) is 23.4 Å².